The van der Waals surface area contributed by atoms with Gasteiger partial charge in [-0.3, -0.25) is 4.79 Å². The molecule has 4 atom stereocenters. The highest BCUT2D eigenvalue weighted by molar-refractivity contribution is 7.90. The van der Waals surface area contributed by atoms with Crippen LogP contribution in [0.5, 0.6) is 0 Å². The monoisotopic (exact) mass is 300 g/mol. The fraction of sp³-hybridized carbons (Fsp3) is 0.929. The van der Waals surface area contributed by atoms with Gasteiger partial charge >= 0.3 is 0 Å². The fourth-order valence-corrected chi connectivity index (χ4v) is 7.50. The molecular formula is C14H24N2O3S. The second-order valence-corrected chi connectivity index (χ2v) is 9.11. The number of hydrogen-bond acceptors (Lipinski definition) is 4. The molecule has 2 bridgehead atoms. The molecule has 1 heterocycles. The lowest BCUT2D eigenvalue weighted by molar-refractivity contribution is -0.130. The molecule has 3 aliphatic rings. The summed E-state index contributed by atoms with van der Waals surface area (Å²) in [6.45, 7) is 6.10. The Kier molecular flexibility index (Phi) is 2.85. The first-order valence-electron chi connectivity index (χ1n) is 7.40. The van der Waals surface area contributed by atoms with Crippen LogP contribution in [0, 0.1) is 16.7 Å². The van der Waals surface area contributed by atoms with Crippen LogP contribution >= 0.6 is 0 Å². The van der Waals surface area contributed by atoms with E-state index in [4.69, 9.17) is 0 Å². The minimum absolute atomic E-state index is 0.0165. The normalized spacial score (nSPS) is 41.7. The molecule has 3 fully saturated rings. The highest BCUT2D eigenvalue weighted by Crippen LogP contribution is 2.69. The third kappa shape index (κ3) is 1.47. The average Bonchev–Trinajstić information content (AvgIpc) is 2.83. The second-order valence-electron chi connectivity index (χ2n) is 7.27. The first kappa shape index (κ1) is 14.3. The Morgan fingerprint density at radius 2 is 2.05 bits per heavy atom. The maximum atomic E-state index is 12.6. The number of carbonyl (C=O) groups is 1. The molecule has 2 aliphatic carbocycles. The van der Waals surface area contributed by atoms with Crippen molar-refractivity contribution in [3.8, 4) is 0 Å². The van der Waals surface area contributed by atoms with Crippen molar-refractivity contribution in [2.75, 3.05) is 12.8 Å². The minimum atomic E-state index is -3.47. The molecule has 0 unspecified atom stereocenters. The lowest BCUT2D eigenvalue weighted by Crippen LogP contribution is -2.50. The van der Waals surface area contributed by atoms with Gasteiger partial charge in [-0.05, 0) is 44.6 Å². The third-order valence-electron chi connectivity index (χ3n) is 6.43. The summed E-state index contributed by atoms with van der Waals surface area (Å²) in [6, 6.07) is -0.577. The standard InChI is InChI=1S/C14H24N2O3S/c1-9(15-4)12(17)16-11-7-10-5-6-14(11,13(10,2)3)8-20(16,18)19/h9-11,15H,5-8H2,1-4H3/t9-,10+,11+,14+/m1/s1. The zero-order valence-corrected chi connectivity index (χ0v) is 13.5. The third-order valence-corrected chi connectivity index (χ3v) is 8.35. The Hall–Kier alpha value is -0.620. The SMILES string of the molecule is CN[C@H](C)C(=O)N1[C@H]2C[C@@H]3CC[C@@]2(CS1(=O)=O)C3(C)C. The van der Waals surface area contributed by atoms with Gasteiger partial charge in [0.2, 0.25) is 10.0 Å². The molecule has 5 nitrogen and oxygen atoms in total. The van der Waals surface area contributed by atoms with Crippen molar-refractivity contribution in [1.29, 1.82) is 0 Å². The summed E-state index contributed by atoms with van der Waals surface area (Å²) in [5.41, 5.74) is -0.206. The van der Waals surface area contributed by atoms with Crippen molar-refractivity contribution >= 4 is 15.9 Å². The van der Waals surface area contributed by atoms with Gasteiger partial charge in [0.1, 0.15) is 0 Å². The number of likely N-dealkylation sites (N-methyl/N-ethyl adjacent to an activating group) is 1. The molecule has 3 rings (SSSR count). The Morgan fingerprint density at radius 3 is 2.60 bits per heavy atom. The predicted molar refractivity (Wildman–Crippen MR) is 76.5 cm³/mol. The maximum Gasteiger partial charge on any atom is 0.253 e. The van der Waals surface area contributed by atoms with Crippen LogP contribution in [-0.2, 0) is 14.8 Å². The van der Waals surface area contributed by atoms with E-state index in [0.29, 0.717) is 5.92 Å². The number of amides is 1. The molecule has 0 aromatic carbocycles. The highest BCUT2D eigenvalue weighted by atomic mass is 32.2. The van der Waals surface area contributed by atoms with Crippen molar-refractivity contribution in [2.24, 2.45) is 16.7 Å². The van der Waals surface area contributed by atoms with Gasteiger partial charge in [0.15, 0.2) is 0 Å². The van der Waals surface area contributed by atoms with Gasteiger partial charge in [-0.25, -0.2) is 12.7 Å². The first-order chi connectivity index (χ1) is 9.17. The Morgan fingerprint density at radius 1 is 1.40 bits per heavy atom. The number of nitrogens with zero attached hydrogens (tertiary/aromatic N) is 1. The summed E-state index contributed by atoms with van der Waals surface area (Å²) in [4.78, 5) is 12.5. The van der Waals surface area contributed by atoms with Crippen LogP contribution < -0.4 is 5.32 Å². The van der Waals surface area contributed by atoms with E-state index < -0.39 is 16.1 Å². The summed E-state index contributed by atoms with van der Waals surface area (Å²) < 4.78 is 26.4. The molecule has 6 heteroatoms. The van der Waals surface area contributed by atoms with E-state index in [1.165, 1.54) is 4.31 Å². The molecule has 0 aromatic heterocycles. The summed E-state index contributed by atoms with van der Waals surface area (Å²) in [6.07, 6.45) is 2.88. The van der Waals surface area contributed by atoms with E-state index in [1.54, 1.807) is 14.0 Å². The van der Waals surface area contributed by atoms with Crippen LogP contribution in [0.4, 0.5) is 0 Å². The van der Waals surface area contributed by atoms with E-state index in [2.05, 4.69) is 19.2 Å². The molecule has 0 aromatic rings. The average molecular weight is 300 g/mol. The maximum absolute atomic E-state index is 12.6. The number of sulfonamides is 1. The predicted octanol–water partition coefficient (Wildman–Crippen LogP) is 0.961. The van der Waals surface area contributed by atoms with Gasteiger partial charge in [-0.15, -0.1) is 0 Å². The lowest BCUT2D eigenvalue weighted by Gasteiger charge is -2.37. The fourth-order valence-electron chi connectivity index (χ4n) is 4.89. The largest absolute Gasteiger partial charge is 0.309 e. The zero-order chi connectivity index (χ0) is 14.9. The van der Waals surface area contributed by atoms with Gasteiger partial charge in [0.25, 0.3) is 5.91 Å². The van der Waals surface area contributed by atoms with E-state index in [-0.39, 0.29) is 28.5 Å². The van der Waals surface area contributed by atoms with Gasteiger partial charge in [0.05, 0.1) is 17.8 Å². The molecule has 1 spiro atoms. The zero-order valence-electron chi connectivity index (χ0n) is 12.6. The molecule has 20 heavy (non-hydrogen) atoms. The molecule has 2 saturated carbocycles. The molecule has 1 N–H and O–H groups in total. The number of fused-ring (bicyclic) bond motifs is 1. The summed E-state index contributed by atoms with van der Waals surface area (Å²) in [5.74, 6) is 0.400. The molecule has 1 saturated heterocycles. The van der Waals surface area contributed by atoms with Gasteiger partial charge < -0.3 is 5.32 Å². The number of rotatable bonds is 2. The lowest BCUT2D eigenvalue weighted by atomic mass is 9.69. The van der Waals surface area contributed by atoms with Crippen molar-refractivity contribution in [3.63, 3.8) is 0 Å². The highest BCUT2D eigenvalue weighted by Gasteiger charge is 2.72. The Labute approximate surface area is 121 Å². The molecule has 0 radical (unpaired) electrons. The number of carbonyl (C=O) groups excluding carboxylic acids is 1. The van der Waals surface area contributed by atoms with E-state index in [9.17, 15) is 13.2 Å². The summed E-state index contributed by atoms with van der Waals surface area (Å²) >= 11 is 0. The van der Waals surface area contributed by atoms with Crippen molar-refractivity contribution in [2.45, 2.75) is 52.1 Å². The van der Waals surface area contributed by atoms with Crippen LogP contribution in [-0.4, -0.2) is 43.5 Å². The van der Waals surface area contributed by atoms with E-state index in [1.807, 2.05) is 0 Å². The van der Waals surface area contributed by atoms with Crippen molar-refractivity contribution in [1.82, 2.24) is 9.62 Å². The molecule has 1 amide bonds. The quantitative estimate of drug-likeness (QED) is 0.825. The molecule has 114 valence electrons. The molecule has 1 aliphatic heterocycles. The first-order valence-corrected chi connectivity index (χ1v) is 9.01. The topological polar surface area (TPSA) is 66.5 Å². The van der Waals surface area contributed by atoms with E-state index in [0.717, 1.165) is 19.3 Å². The van der Waals surface area contributed by atoms with Crippen molar-refractivity contribution < 1.29 is 13.2 Å². The van der Waals surface area contributed by atoms with E-state index >= 15 is 0 Å². The smallest absolute Gasteiger partial charge is 0.253 e. The summed E-state index contributed by atoms with van der Waals surface area (Å²) in [7, 11) is -1.79. The van der Waals surface area contributed by atoms with Crippen LogP contribution in [0.1, 0.15) is 40.0 Å². The van der Waals surface area contributed by atoms with Crippen LogP contribution in [0.3, 0.4) is 0 Å². The Balaban J connectivity index is 2.05. The van der Waals surface area contributed by atoms with Crippen molar-refractivity contribution in [3.05, 3.63) is 0 Å². The minimum Gasteiger partial charge on any atom is -0.309 e. The van der Waals surface area contributed by atoms with Gasteiger partial charge in [-0.2, -0.15) is 0 Å². The summed E-state index contributed by atoms with van der Waals surface area (Å²) in [5, 5.41) is 2.87. The van der Waals surface area contributed by atoms with Crippen LogP contribution in [0.2, 0.25) is 0 Å². The number of hydrogen-bond donors (Lipinski definition) is 1. The van der Waals surface area contributed by atoms with Gasteiger partial charge in [-0.1, -0.05) is 13.8 Å². The Bertz CT molecular complexity index is 557. The number of nitrogens with one attached hydrogen (secondary N) is 1. The van der Waals surface area contributed by atoms with Crippen LogP contribution in [0.15, 0.2) is 0 Å². The van der Waals surface area contributed by atoms with Gasteiger partial charge in [0, 0.05) is 5.41 Å². The second kappa shape index (κ2) is 3.97. The van der Waals surface area contributed by atoms with Crippen LogP contribution in [0.25, 0.3) is 0 Å². The molecular weight excluding hydrogens is 276 g/mol.